The van der Waals surface area contributed by atoms with Crippen molar-refractivity contribution in [2.24, 2.45) is 0 Å². The van der Waals surface area contributed by atoms with E-state index < -0.39 is 10.0 Å². The molecule has 1 saturated heterocycles. The highest BCUT2D eigenvalue weighted by atomic mass is 35.5. The summed E-state index contributed by atoms with van der Waals surface area (Å²) in [5, 5.41) is 14.2. The molecule has 2 aromatic carbocycles. The van der Waals surface area contributed by atoms with Crippen molar-refractivity contribution in [1.29, 1.82) is 0 Å². The Morgan fingerprint density at radius 3 is 2.59 bits per heavy atom. The lowest BCUT2D eigenvalue weighted by Crippen LogP contribution is -2.37. The number of anilines is 2. The van der Waals surface area contributed by atoms with E-state index in [1.165, 1.54) is 15.3 Å². The molecule has 150 valence electrons. The van der Waals surface area contributed by atoms with Gasteiger partial charge in [0.1, 0.15) is 6.33 Å². The fraction of sp³-hybridized carbons (Fsp3) is 0.222. The Kier molecular flexibility index (Phi) is 5.20. The van der Waals surface area contributed by atoms with Crippen molar-refractivity contribution in [2.45, 2.75) is 12.8 Å². The Bertz CT molecular complexity index is 1130. The van der Waals surface area contributed by atoms with Gasteiger partial charge >= 0.3 is 0 Å². The van der Waals surface area contributed by atoms with Gasteiger partial charge in [0.15, 0.2) is 0 Å². The van der Waals surface area contributed by atoms with Gasteiger partial charge in [0.2, 0.25) is 10.0 Å². The number of halogens is 1. The number of tetrazole rings is 1. The predicted octanol–water partition coefficient (Wildman–Crippen LogP) is 2.50. The normalized spacial score (nSPS) is 15.8. The van der Waals surface area contributed by atoms with Gasteiger partial charge < -0.3 is 5.32 Å². The first-order valence-corrected chi connectivity index (χ1v) is 10.9. The van der Waals surface area contributed by atoms with E-state index in [2.05, 4.69) is 20.8 Å². The summed E-state index contributed by atoms with van der Waals surface area (Å²) in [7, 11) is -3.28. The highest BCUT2D eigenvalue weighted by Gasteiger charge is 2.26. The third-order valence-electron chi connectivity index (χ3n) is 4.56. The Morgan fingerprint density at radius 1 is 1.10 bits per heavy atom. The highest BCUT2D eigenvalue weighted by Crippen LogP contribution is 2.26. The molecule has 0 unspecified atom stereocenters. The van der Waals surface area contributed by atoms with E-state index >= 15 is 0 Å². The zero-order valence-corrected chi connectivity index (χ0v) is 16.8. The summed E-state index contributed by atoms with van der Waals surface area (Å²) in [5.74, 6) is -0.215. The molecule has 0 radical (unpaired) electrons. The van der Waals surface area contributed by atoms with E-state index in [4.69, 9.17) is 11.6 Å². The number of hydrogen-bond acceptors (Lipinski definition) is 6. The van der Waals surface area contributed by atoms with Crippen molar-refractivity contribution in [3.8, 4) is 5.69 Å². The zero-order chi connectivity index (χ0) is 20.4. The molecular weight excluding hydrogens is 416 g/mol. The summed E-state index contributed by atoms with van der Waals surface area (Å²) in [4.78, 5) is 12.8. The molecule has 1 fully saturated rings. The van der Waals surface area contributed by atoms with Gasteiger partial charge in [-0.1, -0.05) is 11.6 Å². The number of sulfonamides is 1. The molecule has 9 nitrogen and oxygen atoms in total. The van der Waals surface area contributed by atoms with Crippen molar-refractivity contribution in [2.75, 3.05) is 21.9 Å². The minimum Gasteiger partial charge on any atom is -0.322 e. The van der Waals surface area contributed by atoms with Crippen molar-refractivity contribution < 1.29 is 13.2 Å². The molecular formula is C18H17ClN6O3S. The van der Waals surface area contributed by atoms with Gasteiger partial charge in [-0.05, 0) is 65.7 Å². The Balaban J connectivity index is 1.55. The number of benzene rings is 2. The summed E-state index contributed by atoms with van der Waals surface area (Å²) in [5.41, 5.74) is 1.90. The first kappa shape index (κ1) is 19.3. The Morgan fingerprint density at radius 2 is 1.90 bits per heavy atom. The fourth-order valence-corrected chi connectivity index (χ4v) is 4.95. The fourth-order valence-electron chi connectivity index (χ4n) is 3.15. The number of nitrogens with zero attached hydrogens (tertiary/aromatic N) is 5. The number of hydrogen-bond donors (Lipinski definition) is 1. The molecule has 0 aliphatic carbocycles. The third-order valence-corrected chi connectivity index (χ3v) is 6.67. The van der Waals surface area contributed by atoms with Crippen molar-refractivity contribution in [1.82, 2.24) is 20.2 Å². The molecule has 29 heavy (non-hydrogen) atoms. The third kappa shape index (κ3) is 4.08. The maximum absolute atomic E-state index is 12.8. The summed E-state index contributed by atoms with van der Waals surface area (Å²) in [6.45, 7) is 0.466. The summed E-state index contributed by atoms with van der Waals surface area (Å²) < 4.78 is 27.2. The van der Waals surface area contributed by atoms with Crippen LogP contribution in [-0.2, 0) is 10.0 Å². The summed E-state index contributed by atoms with van der Waals surface area (Å²) in [6.07, 6.45) is 2.88. The molecule has 0 saturated carbocycles. The predicted molar refractivity (Wildman–Crippen MR) is 109 cm³/mol. The lowest BCUT2D eigenvalue weighted by Gasteiger charge is -2.28. The molecule has 4 rings (SSSR count). The first-order valence-electron chi connectivity index (χ1n) is 8.89. The maximum Gasteiger partial charge on any atom is 0.257 e. The number of nitrogens with one attached hydrogen (secondary N) is 1. The van der Waals surface area contributed by atoms with Gasteiger partial charge in [0.05, 0.1) is 22.7 Å². The SMILES string of the molecule is O=C(Nc1ccc(N2CCCCS2(=O)=O)cc1)c1ccc(Cl)cc1-n1cnnn1. The average molecular weight is 433 g/mol. The average Bonchev–Trinajstić information content (AvgIpc) is 3.23. The van der Waals surface area contributed by atoms with Crippen LogP contribution in [0.5, 0.6) is 0 Å². The molecule has 1 N–H and O–H groups in total. The van der Waals surface area contributed by atoms with Crippen LogP contribution in [0.15, 0.2) is 48.8 Å². The van der Waals surface area contributed by atoms with Crippen LogP contribution < -0.4 is 9.62 Å². The van der Waals surface area contributed by atoms with Crippen LogP contribution in [0.2, 0.25) is 5.02 Å². The van der Waals surface area contributed by atoms with Crippen LogP contribution in [0, 0.1) is 0 Å². The minimum absolute atomic E-state index is 0.155. The minimum atomic E-state index is -3.28. The van der Waals surface area contributed by atoms with Crippen LogP contribution in [0.3, 0.4) is 0 Å². The topological polar surface area (TPSA) is 110 Å². The molecule has 1 aliphatic heterocycles. The largest absolute Gasteiger partial charge is 0.322 e. The van der Waals surface area contributed by atoms with E-state index in [0.717, 1.165) is 6.42 Å². The molecule has 0 atom stereocenters. The second-order valence-corrected chi connectivity index (χ2v) is 8.96. The monoisotopic (exact) mass is 432 g/mol. The summed E-state index contributed by atoms with van der Waals surface area (Å²) >= 11 is 6.05. The molecule has 0 bridgehead atoms. The van der Waals surface area contributed by atoms with Gasteiger partial charge in [-0.15, -0.1) is 5.10 Å². The lowest BCUT2D eigenvalue weighted by molar-refractivity contribution is 0.102. The van der Waals surface area contributed by atoms with Crippen LogP contribution in [-0.4, -0.2) is 46.8 Å². The highest BCUT2D eigenvalue weighted by molar-refractivity contribution is 7.92. The van der Waals surface area contributed by atoms with Gasteiger partial charge in [-0.25, -0.2) is 8.42 Å². The molecule has 2 heterocycles. The number of rotatable bonds is 4. The number of aromatic nitrogens is 4. The standard InChI is InChI=1S/C18H17ClN6O3S/c19-13-3-8-16(17(11-13)24-12-20-22-23-24)18(26)21-14-4-6-15(7-5-14)25-9-1-2-10-29(25,27)28/h3-8,11-12H,1-2,9-10H2,(H,21,26). The van der Waals surface area contributed by atoms with E-state index in [1.807, 2.05) is 0 Å². The van der Waals surface area contributed by atoms with E-state index in [1.54, 1.807) is 42.5 Å². The van der Waals surface area contributed by atoms with Gasteiger partial charge in [0, 0.05) is 17.3 Å². The molecule has 1 aliphatic rings. The van der Waals surface area contributed by atoms with E-state index in [0.29, 0.717) is 40.6 Å². The smallest absolute Gasteiger partial charge is 0.257 e. The van der Waals surface area contributed by atoms with Crippen LogP contribution >= 0.6 is 11.6 Å². The van der Waals surface area contributed by atoms with Gasteiger partial charge in [-0.3, -0.25) is 9.10 Å². The molecule has 1 aromatic heterocycles. The zero-order valence-electron chi connectivity index (χ0n) is 15.2. The van der Waals surface area contributed by atoms with Crippen molar-refractivity contribution >= 4 is 38.9 Å². The lowest BCUT2D eigenvalue weighted by atomic mass is 10.1. The Hall–Kier alpha value is -2.98. The molecule has 0 spiro atoms. The van der Waals surface area contributed by atoms with E-state index in [9.17, 15) is 13.2 Å². The second-order valence-electron chi connectivity index (χ2n) is 6.51. The number of amides is 1. The first-order chi connectivity index (χ1) is 13.9. The molecule has 1 amide bonds. The second kappa shape index (κ2) is 7.80. The number of carbonyl (C=O) groups excluding carboxylic acids is 1. The van der Waals surface area contributed by atoms with Gasteiger partial charge in [0.25, 0.3) is 5.91 Å². The van der Waals surface area contributed by atoms with E-state index in [-0.39, 0.29) is 11.7 Å². The van der Waals surface area contributed by atoms with Crippen LogP contribution in [0.25, 0.3) is 5.69 Å². The molecule has 3 aromatic rings. The summed E-state index contributed by atoms with van der Waals surface area (Å²) in [6, 6.07) is 11.5. The number of carbonyl (C=O) groups is 1. The van der Waals surface area contributed by atoms with Gasteiger partial charge in [-0.2, -0.15) is 4.68 Å². The van der Waals surface area contributed by atoms with Crippen molar-refractivity contribution in [3.63, 3.8) is 0 Å². The quantitative estimate of drug-likeness (QED) is 0.678. The Labute approximate surface area is 172 Å². The van der Waals surface area contributed by atoms with Crippen LogP contribution in [0.4, 0.5) is 11.4 Å². The van der Waals surface area contributed by atoms with Crippen LogP contribution in [0.1, 0.15) is 23.2 Å². The molecule has 11 heteroatoms. The van der Waals surface area contributed by atoms with Crippen molar-refractivity contribution in [3.05, 3.63) is 59.4 Å². The maximum atomic E-state index is 12.8.